The van der Waals surface area contributed by atoms with Crippen LogP contribution in [-0.4, -0.2) is 80.4 Å². The Morgan fingerprint density at radius 1 is 1.30 bits per heavy atom. The van der Waals surface area contributed by atoms with Crippen molar-refractivity contribution in [1.82, 2.24) is 20.0 Å². The number of halogens is 1. The van der Waals surface area contributed by atoms with Gasteiger partial charge in [0, 0.05) is 52.8 Å². The van der Waals surface area contributed by atoms with Crippen LogP contribution in [0.2, 0.25) is 5.02 Å². The molecule has 0 bridgehead atoms. The van der Waals surface area contributed by atoms with Gasteiger partial charge >= 0.3 is 0 Å². The number of rotatable bonds is 7. The summed E-state index contributed by atoms with van der Waals surface area (Å²) < 4.78 is 0. The van der Waals surface area contributed by atoms with Crippen molar-refractivity contribution < 1.29 is 4.79 Å². The van der Waals surface area contributed by atoms with Gasteiger partial charge in [0.05, 0.1) is 6.04 Å². The summed E-state index contributed by atoms with van der Waals surface area (Å²) in [6, 6.07) is 7.92. The standard InChI is InChI=1S/C20H32ClN5O/c1-22-20(25(4)15-16-8-10-17(21)11-9-16)23-12-6-14-26-13-5-7-18(26)19(27)24(2)3/h8-11,18H,5-7,12-15H2,1-4H3,(H,22,23). The van der Waals surface area contributed by atoms with E-state index in [0.717, 1.165) is 56.4 Å². The Morgan fingerprint density at radius 2 is 2.00 bits per heavy atom. The topological polar surface area (TPSA) is 51.2 Å². The number of hydrogen-bond acceptors (Lipinski definition) is 3. The highest BCUT2D eigenvalue weighted by molar-refractivity contribution is 6.30. The zero-order valence-corrected chi connectivity index (χ0v) is 17.7. The van der Waals surface area contributed by atoms with Gasteiger partial charge in [0.2, 0.25) is 5.91 Å². The largest absolute Gasteiger partial charge is 0.356 e. The number of likely N-dealkylation sites (N-methyl/N-ethyl adjacent to an activating group) is 1. The average Bonchev–Trinajstić information content (AvgIpc) is 3.11. The zero-order chi connectivity index (χ0) is 19.8. The van der Waals surface area contributed by atoms with Gasteiger partial charge in [-0.05, 0) is 43.5 Å². The molecule has 1 aliphatic heterocycles. The molecule has 1 unspecified atom stereocenters. The molecule has 0 spiro atoms. The maximum Gasteiger partial charge on any atom is 0.239 e. The molecular weight excluding hydrogens is 362 g/mol. The van der Waals surface area contributed by atoms with Gasteiger partial charge in [-0.1, -0.05) is 23.7 Å². The summed E-state index contributed by atoms with van der Waals surface area (Å²) in [5, 5.41) is 4.17. The molecule has 0 aromatic heterocycles. The van der Waals surface area contributed by atoms with E-state index in [-0.39, 0.29) is 11.9 Å². The van der Waals surface area contributed by atoms with Crippen molar-refractivity contribution in [1.29, 1.82) is 0 Å². The first kappa shape index (κ1) is 21.5. The van der Waals surface area contributed by atoms with E-state index in [1.807, 2.05) is 45.4 Å². The number of hydrogen-bond donors (Lipinski definition) is 1. The Hall–Kier alpha value is -1.79. The normalized spacial score (nSPS) is 17.8. The van der Waals surface area contributed by atoms with Gasteiger partial charge in [-0.2, -0.15) is 0 Å². The molecule has 7 heteroatoms. The molecular formula is C20H32ClN5O. The molecule has 150 valence electrons. The predicted octanol–water partition coefficient (Wildman–Crippen LogP) is 2.29. The Kier molecular flexibility index (Phi) is 8.38. The Labute approximate surface area is 168 Å². The highest BCUT2D eigenvalue weighted by atomic mass is 35.5. The summed E-state index contributed by atoms with van der Waals surface area (Å²) in [5.74, 6) is 1.09. The van der Waals surface area contributed by atoms with Gasteiger partial charge in [0.25, 0.3) is 0 Å². The molecule has 1 atom stereocenters. The number of carbonyl (C=O) groups excluding carboxylic acids is 1. The Morgan fingerprint density at radius 3 is 2.63 bits per heavy atom. The van der Waals surface area contributed by atoms with E-state index in [0.29, 0.717) is 0 Å². The lowest BCUT2D eigenvalue weighted by atomic mass is 10.2. The molecule has 1 amide bonds. The van der Waals surface area contributed by atoms with E-state index in [2.05, 4.69) is 20.1 Å². The number of carbonyl (C=O) groups is 1. The van der Waals surface area contributed by atoms with Crippen LogP contribution in [0.1, 0.15) is 24.8 Å². The average molecular weight is 394 g/mol. The zero-order valence-electron chi connectivity index (χ0n) is 16.9. The van der Waals surface area contributed by atoms with Crippen LogP contribution in [0.5, 0.6) is 0 Å². The smallest absolute Gasteiger partial charge is 0.239 e. The van der Waals surface area contributed by atoms with Crippen molar-refractivity contribution >= 4 is 23.5 Å². The van der Waals surface area contributed by atoms with E-state index in [1.165, 1.54) is 5.56 Å². The third-order valence-corrected chi connectivity index (χ3v) is 5.15. The van der Waals surface area contributed by atoms with Crippen LogP contribution < -0.4 is 5.32 Å². The lowest BCUT2D eigenvalue weighted by Crippen LogP contribution is -2.44. The second-order valence-corrected chi connectivity index (χ2v) is 7.67. The maximum atomic E-state index is 12.3. The highest BCUT2D eigenvalue weighted by Crippen LogP contribution is 2.18. The van der Waals surface area contributed by atoms with Gasteiger partial charge in [-0.25, -0.2) is 0 Å². The SMILES string of the molecule is CN=C(NCCCN1CCCC1C(=O)N(C)C)N(C)Cc1ccc(Cl)cc1. The number of guanidine groups is 1. The van der Waals surface area contributed by atoms with Gasteiger partial charge in [-0.3, -0.25) is 14.7 Å². The summed E-state index contributed by atoms with van der Waals surface area (Å²) in [5.41, 5.74) is 1.19. The summed E-state index contributed by atoms with van der Waals surface area (Å²) in [6.45, 7) is 3.53. The molecule has 1 N–H and O–H groups in total. The van der Waals surface area contributed by atoms with E-state index in [4.69, 9.17) is 11.6 Å². The van der Waals surface area contributed by atoms with Crippen molar-refractivity contribution in [2.24, 2.45) is 4.99 Å². The van der Waals surface area contributed by atoms with E-state index < -0.39 is 0 Å². The first-order chi connectivity index (χ1) is 12.9. The number of aliphatic imine (C=N–C) groups is 1. The molecule has 2 rings (SSSR count). The number of amides is 1. The summed E-state index contributed by atoms with van der Waals surface area (Å²) in [7, 11) is 7.49. The first-order valence-electron chi connectivity index (χ1n) is 9.54. The fourth-order valence-electron chi connectivity index (χ4n) is 3.48. The van der Waals surface area contributed by atoms with Crippen LogP contribution in [-0.2, 0) is 11.3 Å². The molecule has 1 aromatic carbocycles. The highest BCUT2D eigenvalue weighted by Gasteiger charge is 2.30. The van der Waals surface area contributed by atoms with E-state index in [1.54, 1.807) is 11.9 Å². The molecule has 6 nitrogen and oxygen atoms in total. The van der Waals surface area contributed by atoms with Crippen LogP contribution in [0.3, 0.4) is 0 Å². The molecule has 27 heavy (non-hydrogen) atoms. The third kappa shape index (κ3) is 6.40. The van der Waals surface area contributed by atoms with Crippen molar-refractivity contribution in [2.45, 2.75) is 31.8 Å². The minimum atomic E-state index is 0.0480. The predicted molar refractivity (Wildman–Crippen MR) is 112 cm³/mol. The number of nitrogens with one attached hydrogen (secondary N) is 1. The van der Waals surface area contributed by atoms with Gasteiger partial charge in [0.15, 0.2) is 5.96 Å². The first-order valence-corrected chi connectivity index (χ1v) is 9.91. The van der Waals surface area contributed by atoms with E-state index in [9.17, 15) is 4.79 Å². The Bertz CT molecular complexity index is 632. The van der Waals surface area contributed by atoms with Crippen molar-refractivity contribution in [3.05, 3.63) is 34.9 Å². The number of benzene rings is 1. The minimum absolute atomic E-state index is 0.0480. The molecule has 1 fully saturated rings. The quantitative estimate of drug-likeness (QED) is 0.438. The van der Waals surface area contributed by atoms with Crippen LogP contribution >= 0.6 is 11.6 Å². The molecule has 1 heterocycles. The molecule has 1 aliphatic rings. The second kappa shape index (κ2) is 10.5. The van der Waals surface area contributed by atoms with Crippen molar-refractivity contribution in [2.75, 3.05) is 47.8 Å². The molecule has 1 aromatic rings. The van der Waals surface area contributed by atoms with Crippen LogP contribution in [0.4, 0.5) is 0 Å². The summed E-state index contributed by atoms with van der Waals surface area (Å²) >= 11 is 5.95. The minimum Gasteiger partial charge on any atom is -0.356 e. The Balaban J connectivity index is 1.75. The molecule has 0 radical (unpaired) electrons. The molecule has 1 saturated heterocycles. The number of likely N-dealkylation sites (tertiary alicyclic amines) is 1. The summed E-state index contributed by atoms with van der Waals surface area (Å²) in [4.78, 5) is 22.7. The van der Waals surface area contributed by atoms with Gasteiger partial charge < -0.3 is 15.1 Å². The monoisotopic (exact) mass is 393 g/mol. The van der Waals surface area contributed by atoms with Crippen LogP contribution in [0.25, 0.3) is 0 Å². The molecule has 0 saturated carbocycles. The lowest BCUT2D eigenvalue weighted by Gasteiger charge is -2.26. The fourth-order valence-corrected chi connectivity index (χ4v) is 3.60. The molecule has 0 aliphatic carbocycles. The van der Waals surface area contributed by atoms with Crippen LogP contribution in [0, 0.1) is 0 Å². The summed E-state index contributed by atoms with van der Waals surface area (Å²) in [6.07, 6.45) is 3.05. The van der Waals surface area contributed by atoms with Gasteiger partial charge in [-0.15, -0.1) is 0 Å². The van der Waals surface area contributed by atoms with Crippen LogP contribution in [0.15, 0.2) is 29.3 Å². The third-order valence-electron chi connectivity index (χ3n) is 4.90. The fraction of sp³-hybridized carbons (Fsp3) is 0.600. The lowest BCUT2D eigenvalue weighted by molar-refractivity contribution is -0.133. The van der Waals surface area contributed by atoms with Gasteiger partial charge in [0.1, 0.15) is 0 Å². The maximum absolute atomic E-state index is 12.3. The van der Waals surface area contributed by atoms with Crippen molar-refractivity contribution in [3.8, 4) is 0 Å². The van der Waals surface area contributed by atoms with Crippen molar-refractivity contribution in [3.63, 3.8) is 0 Å². The second-order valence-electron chi connectivity index (χ2n) is 7.24. The van der Waals surface area contributed by atoms with E-state index >= 15 is 0 Å². The number of nitrogens with zero attached hydrogens (tertiary/aromatic N) is 4.